The summed E-state index contributed by atoms with van der Waals surface area (Å²) in [6, 6.07) is 67.2. The van der Waals surface area contributed by atoms with Crippen LogP contribution in [0.5, 0.6) is 0 Å². The number of rotatable bonds is 7. The van der Waals surface area contributed by atoms with Gasteiger partial charge in [-0.15, -0.1) is 0 Å². The van der Waals surface area contributed by atoms with Crippen LogP contribution in [0.3, 0.4) is 0 Å². The van der Waals surface area contributed by atoms with Crippen LogP contribution in [0.4, 0.5) is 0 Å². The van der Waals surface area contributed by atoms with Crippen LogP contribution in [0.1, 0.15) is 0 Å². The highest BCUT2D eigenvalue weighted by atomic mass is 15.1. The molecule has 0 fully saturated rings. The number of pyridine rings is 1. The zero-order chi connectivity index (χ0) is 36.6. The van der Waals surface area contributed by atoms with E-state index in [4.69, 9.17) is 19.9 Å². The van der Waals surface area contributed by atoms with Gasteiger partial charge in [0.15, 0.2) is 17.5 Å². The van der Waals surface area contributed by atoms with E-state index in [0.717, 1.165) is 77.7 Å². The Kier molecular flexibility index (Phi) is 8.08. The van der Waals surface area contributed by atoms with Gasteiger partial charge in [-0.1, -0.05) is 170 Å². The number of fused-ring (bicyclic) bond motifs is 3. The minimum absolute atomic E-state index is 0.541. The first-order valence-electron chi connectivity index (χ1n) is 18.4. The number of benzene rings is 7. The highest BCUT2D eigenvalue weighted by molar-refractivity contribution is 6.09. The third-order valence-electron chi connectivity index (χ3n) is 10.1. The number of para-hydroxylation sites is 2. The quantitative estimate of drug-likeness (QED) is 0.166. The van der Waals surface area contributed by atoms with Gasteiger partial charge < -0.3 is 0 Å². The first kappa shape index (κ1) is 32.2. The lowest BCUT2D eigenvalue weighted by atomic mass is 9.91. The molecule has 0 amide bonds. The van der Waals surface area contributed by atoms with E-state index in [-0.39, 0.29) is 0 Å². The lowest BCUT2D eigenvalue weighted by Crippen LogP contribution is -2.06. The molecule has 7 aromatic carbocycles. The van der Waals surface area contributed by atoms with Gasteiger partial charge in [0.25, 0.3) is 0 Å². The zero-order valence-electron chi connectivity index (χ0n) is 29.8. The molecule has 5 nitrogen and oxygen atoms in total. The summed E-state index contributed by atoms with van der Waals surface area (Å²) in [5.41, 5.74) is 11.3. The van der Waals surface area contributed by atoms with Gasteiger partial charge in [-0.25, -0.2) is 19.9 Å². The SMILES string of the molecule is c1ccc(-c2ccc(-c3ccccc3)c(-c3cnc(-n4c5ccccc5c5ccccc54)c(-c4nc(-c5ccccc5)nc(-c5ccccc5)n4)c3)c2)cc1. The van der Waals surface area contributed by atoms with Crippen LogP contribution in [-0.4, -0.2) is 24.5 Å². The van der Waals surface area contributed by atoms with Gasteiger partial charge in [0.1, 0.15) is 5.82 Å². The van der Waals surface area contributed by atoms with Crippen molar-refractivity contribution in [2.24, 2.45) is 0 Å². The Hall–Kier alpha value is -7.50. The van der Waals surface area contributed by atoms with E-state index in [1.54, 1.807) is 0 Å². The average Bonchev–Trinajstić information content (AvgIpc) is 3.61. The monoisotopic (exact) mass is 703 g/mol. The molecule has 0 atom stereocenters. The predicted molar refractivity (Wildman–Crippen MR) is 225 cm³/mol. The molecule has 55 heavy (non-hydrogen) atoms. The molecule has 10 rings (SSSR count). The van der Waals surface area contributed by atoms with Crippen LogP contribution in [0.25, 0.3) is 95.2 Å². The first-order chi connectivity index (χ1) is 27.3. The summed E-state index contributed by atoms with van der Waals surface area (Å²) in [6.45, 7) is 0. The van der Waals surface area contributed by atoms with Crippen LogP contribution in [-0.2, 0) is 0 Å². The first-order valence-corrected chi connectivity index (χ1v) is 18.4. The standard InChI is InChI=1S/C50H33N5/c1-5-17-34(18-6-1)38-29-30-40(35-19-7-2-8-20-35)43(31-38)39-32-44(50(51-33-39)55-45-27-15-13-25-41(45)42-26-14-16-28-46(42)55)49-53-47(36-21-9-3-10-22-36)52-48(54-49)37-23-11-4-12-24-37/h1-33H. The maximum Gasteiger partial charge on any atom is 0.167 e. The molecule has 10 aromatic rings. The van der Waals surface area contributed by atoms with Crippen LogP contribution >= 0.6 is 0 Å². The second-order valence-corrected chi connectivity index (χ2v) is 13.5. The van der Waals surface area contributed by atoms with Crippen LogP contribution in [0, 0.1) is 0 Å². The van der Waals surface area contributed by atoms with Crippen molar-refractivity contribution in [3.05, 3.63) is 200 Å². The van der Waals surface area contributed by atoms with E-state index in [2.05, 4.69) is 138 Å². The molecular weight excluding hydrogens is 671 g/mol. The molecule has 0 aliphatic heterocycles. The summed E-state index contributed by atoms with van der Waals surface area (Å²) in [5.74, 6) is 2.48. The van der Waals surface area contributed by atoms with Crippen LogP contribution in [0.15, 0.2) is 200 Å². The van der Waals surface area contributed by atoms with Gasteiger partial charge in [0, 0.05) is 33.7 Å². The van der Waals surface area contributed by atoms with E-state index in [9.17, 15) is 0 Å². The highest BCUT2D eigenvalue weighted by Gasteiger charge is 2.22. The lowest BCUT2D eigenvalue weighted by molar-refractivity contribution is 1.04. The third-order valence-corrected chi connectivity index (χ3v) is 10.1. The molecule has 0 bridgehead atoms. The smallest absolute Gasteiger partial charge is 0.167 e. The fraction of sp³-hybridized carbons (Fsp3) is 0. The van der Waals surface area contributed by atoms with E-state index in [1.807, 2.05) is 66.9 Å². The Morgan fingerprint density at radius 2 is 0.764 bits per heavy atom. The molecule has 0 aliphatic carbocycles. The van der Waals surface area contributed by atoms with Gasteiger partial charge in [-0.05, 0) is 52.1 Å². The molecule has 0 radical (unpaired) electrons. The normalized spacial score (nSPS) is 11.3. The summed E-state index contributed by atoms with van der Waals surface area (Å²) < 4.78 is 2.25. The van der Waals surface area contributed by atoms with E-state index in [0.29, 0.717) is 17.5 Å². The fourth-order valence-electron chi connectivity index (χ4n) is 7.49. The molecule has 5 heteroatoms. The Balaban J connectivity index is 1.29. The average molecular weight is 704 g/mol. The number of aromatic nitrogens is 5. The summed E-state index contributed by atoms with van der Waals surface area (Å²) in [4.78, 5) is 20.9. The maximum absolute atomic E-state index is 5.38. The van der Waals surface area contributed by atoms with Gasteiger partial charge in [0.05, 0.1) is 16.6 Å². The summed E-state index contributed by atoms with van der Waals surface area (Å²) in [6.07, 6.45) is 2.00. The predicted octanol–water partition coefficient (Wildman–Crippen LogP) is 12.4. The second kappa shape index (κ2) is 13.8. The van der Waals surface area contributed by atoms with Crippen molar-refractivity contribution in [2.45, 2.75) is 0 Å². The molecule has 258 valence electrons. The van der Waals surface area contributed by atoms with Crippen molar-refractivity contribution >= 4 is 21.8 Å². The van der Waals surface area contributed by atoms with Gasteiger partial charge in [0.2, 0.25) is 0 Å². The van der Waals surface area contributed by atoms with Crippen molar-refractivity contribution in [3.8, 4) is 73.4 Å². The summed E-state index contributed by atoms with van der Waals surface area (Å²) in [5, 5.41) is 2.31. The molecule has 0 saturated heterocycles. The van der Waals surface area contributed by atoms with Crippen molar-refractivity contribution in [3.63, 3.8) is 0 Å². The highest BCUT2D eigenvalue weighted by Crippen LogP contribution is 2.40. The topological polar surface area (TPSA) is 56.5 Å². The molecule has 3 heterocycles. The number of hydrogen-bond acceptors (Lipinski definition) is 4. The molecule has 3 aromatic heterocycles. The molecular formula is C50H33N5. The lowest BCUT2D eigenvalue weighted by Gasteiger charge is -2.17. The van der Waals surface area contributed by atoms with E-state index < -0.39 is 0 Å². The molecule has 0 unspecified atom stereocenters. The Morgan fingerprint density at radius 3 is 1.33 bits per heavy atom. The number of hydrogen-bond donors (Lipinski definition) is 0. The number of nitrogens with zero attached hydrogens (tertiary/aromatic N) is 5. The zero-order valence-corrected chi connectivity index (χ0v) is 29.8. The van der Waals surface area contributed by atoms with Crippen molar-refractivity contribution in [2.75, 3.05) is 0 Å². The van der Waals surface area contributed by atoms with E-state index >= 15 is 0 Å². The Labute approximate surface area is 318 Å². The van der Waals surface area contributed by atoms with Gasteiger partial charge >= 0.3 is 0 Å². The summed E-state index contributed by atoms with van der Waals surface area (Å²) in [7, 11) is 0. The minimum atomic E-state index is 0.541. The van der Waals surface area contributed by atoms with Gasteiger partial charge in [-0.2, -0.15) is 0 Å². The largest absolute Gasteiger partial charge is 0.293 e. The minimum Gasteiger partial charge on any atom is -0.293 e. The van der Waals surface area contributed by atoms with Crippen molar-refractivity contribution < 1.29 is 0 Å². The summed E-state index contributed by atoms with van der Waals surface area (Å²) >= 11 is 0. The third kappa shape index (κ3) is 5.94. The van der Waals surface area contributed by atoms with Gasteiger partial charge in [-0.3, -0.25) is 4.57 Å². The van der Waals surface area contributed by atoms with Crippen LogP contribution < -0.4 is 0 Å². The second-order valence-electron chi connectivity index (χ2n) is 13.5. The molecule has 0 aliphatic rings. The fourth-order valence-corrected chi connectivity index (χ4v) is 7.49. The Bertz CT molecular complexity index is 2850. The van der Waals surface area contributed by atoms with Crippen molar-refractivity contribution in [1.29, 1.82) is 0 Å². The molecule has 0 saturated carbocycles. The van der Waals surface area contributed by atoms with Crippen molar-refractivity contribution in [1.82, 2.24) is 24.5 Å². The molecule has 0 spiro atoms. The Morgan fingerprint density at radius 1 is 0.309 bits per heavy atom. The van der Waals surface area contributed by atoms with Crippen LogP contribution in [0.2, 0.25) is 0 Å². The van der Waals surface area contributed by atoms with E-state index in [1.165, 1.54) is 0 Å². The molecule has 0 N–H and O–H groups in total. The maximum atomic E-state index is 5.38.